The maximum atomic E-state index is 13.4. The summed E-state index contributed by atoms with van der Waals surface area (Å²) in [6, 6.07) is 2.14. The van der Waals surface area contributed by atoms with Gasteiger partial charge in [-0.1, -0.05) is 18.0 Å². The van der Waals surface area contributed by atoms with E-state index in [1.165, 1.54) is 12.8 Å². The normalized spacial score (nSPS) is 19.2. The second-order valence-electron chi connectivity index (χ2n) is 4.41. The molecule has 1 fully saturated rings. The quantitative estimate of drug-likeness (QED) is 0.672. The summed E-state index contributed by atoms with van der Waals surface area (Å²) in [6.07, 6.45) is 3.48. The van der Waals surface area contributed by atoms with Crippen LogP contribution in [0.4, 0.5) is 15.8 Å². The van der Waals surface area contributed by atoms with Gasteiger partial charge in [0, 0.05) is 23.9 Å². The highest BCUT2D eigenvalue weighted by Crippen LogP contribution is 2.31. The Labute approximate surface area is 119 Å². The van der Waals surface area contributed by atoms with Crippen LogP contribution >= 0.6 is 23.4 Å². The Morgan fingerprint density at radius 2 is 2.32 bits per heavy atom. The third-order valence-electron chi connectivity index (χ3n) is 3.03. The number of hydrogen-bond donors (Lipinski definition) is 1. The van der Waals surface area contributed by atoms with Crippen molar-refractivity contribution in [3.05, 3.63) is 33.1 Å². The lowest BCUT2D eigenvalue weighted by molar-refractivity contribution is -0.384. The fraction of sp³-hybridized carbons (Fsp3) is 0.500. The molecule has 1 saturated heterocycles. The molecule has 1 N–H and O–H groups in total. The van der Waals surface area contributed by atoms with E-state index >= 15 is 0 Å². The van der Waals surface area contributed by atoms with Gasteiger partial charge in [0.05, 0.1) is 9.95 Å². The predicted octanol–water partition coefficient (Wildman–Crippen LogP) is 4.08. The molecule has 0 saturated carbocycles. The molecule has 7 heteroatoms. The molecule has 104 valence electrons. The number of rotatable bonds is 4. The van der Waals surface area contributed by atoms with Gasteiger partial charge in [0.1, 0.15) is 11.5 Å². The molecule has 1 aliphatic heterocycles. The zero-order valence-corrected chi connectivity index (χ0v) is 11.8. The van der Waals surface area contributed by atoms with E-state index in [4.69, 9.17) is 11.6 Å². The molecule has 0 spiro atoms. The number of hydrogen-bond acceptors (Lipinski definition) is 4. The van der Waals surface area contributed by atoms with E-state index in [0.29, 0.717) is 11.8 Å². The average Bonchev–Trinajstić information content (AvgIpc) is 2.40. The van der Waals surface area contributed by atoms with E-state index in [-0.39, 0.29) is 16.4 Å². The van der Waals surface area contributed by atoms with Crippen LogP contribution in [0.1, 0.15) is 19.3 Å². The van der Waals surface area contributed by atoms with Crippen molar-refractivity contribution in [2.24, 2.45) is 0 Å². The van der Waals surface area contributed by atoms with E-state index < -0.39 is 10.7 Å². The van der Waals surface area contributed by atoms with E-state index in [1.54, 1.807) is 0 Å². The maximum absolute atomic E-state index is 13.4. The Morgan fingerprint density at radius 3 is 2.95 bits per heavy atom. The van der Waals surface area contributed by atoms with E-state index in [2.05, 4.69) is 5.32 Å². The SMILES string of the molecule is O=[N+]([O-])c1cc(Cl)c(F)cc1NCC1CCCCS1. The number of benzene rings is 1. The summed E-state index contributed by atoms with van der Waals surface area (Å²) in [6.45, 7) is 0.604. The van der Waals surface area contributed by atoms with Gasteiger partial charge in [-0.05, 0) is 18.6 Å². The third-order valence-corrected chi connectivity index (χ3v) is 4.72. The number of nitrogens with zero attached hydrogens (tertiary/aromatic N) is 1. The van der Waals surface area contributed by atoms with Crippen molar-refractivity contribution in [3.63, 3.8) is 0 Å². The topological polar surface area (TPSA) is 55.2 Å². The zero-order valence-electron chi connectivity index (χ0n) is 10.2. The lowest BCUT2D eigenvalue weighted by atomic mass is 10.2. The first-order valence-electron chi connectivity index (χ1n) is 6.07. The lowest BCUT2D eigenvalue weighted by Gasteiger charge is -2.21. The summed E-state index contributed by atoms with van der Waals surface area (Å²) < 4.78 is 13.4. The van der Waals surface area contributed by atoms with Crippen LogP contribution in [0.2, 0.25) is 5.02 Å². The van der Waals surface area contributed by atoms with Crippen molar-refractivity contribution in [1.82, 2.24) is 0 Å². The smallest absolute Gasteiger partial charge is 0.294 e. The van der Waals surface area contributed by atoms with Crippen LogP contribution in [0.15, 0.2) is 12.1 Å². The van der Waals surface area contributed by atoms with Gasteiger partial charge in [-0.15, -0.1) is 0 Å². The molecule has 0 radical (unpaired) electrons. The largest absolute Gasteiger partial charge is 0.378 e. The standard InChI is InChI=1S/C12H14ClFN2O2S/c13-9-5-12(16(17)18)11(6-10(9)14)15-7-8-3-1-2-4-19-8/h5-6,8,15H,1-4,7H2. The zero-order chi connectivity index (χ0) is 13.8. The number of halogens is 2. The fourth-order valence-electron chi connectivity index (χ4n) is 2.02. The summed E-state index contributed by atoms with van der Waals surface area (Å²) in [5, 5.41) is 14.1. The average molecular weight is 305 g/mol. The molecule has 0 amide bonds. The minimum absolute atomic E-state index is 0.188. The minimum atomic E-state index is -0.647. The second-order valence-corrected chi connectivity index (χ2v) is 6.23. The van der Waals surface area contributed by atoms with Crippen molar-refractivity contribution in [3.8, 4) is 0 Å². The van der Waals surface area contributed by atoms with E-state index in [1.807, 2.05) is 11.8 Å². The van der Waals surface area contributed by atoms with Crippen LogP contribution in [0, 0.1) is 15.9 Å². The molecule has 1 atom stereocenters. The molecule has 0 aliphatic carbocycles. The van der Waals surface area contributed by atoms with Crippen molar-refractivity contribution in [2.45, 2.75) is 24.5 Å². The van der Waals surface area contributed by atoms with Gasteiger partial charge in [-0.25, -0.2) is 4.39 Å². The number of thioether (sulfide) groups is 1. The summed E-state index contributed by atoms with van der Waals surface area (Å²) >= 11 is 7.42. The van der Waals surface area contributed by atoms with Crippen molar-refractivity contribution in [2.75, 3.05) is 17.6 Å². The van der Waals surface area contributed by atoms with Crippen LogP contribution in [-0.2, 0) is 0 Å². The number of nitrogens with one attached hydrogen (secondary N) is 1. The molecule has 1 aromatic rings. The highest BCUT2D eigenvalue weighted by molar-refractivity contribution is 7.99. The Kier molecular flexibility index (Phi) is 4.87. The molecule has 4 nitrogen and oxygen atoms in total. The van der Waals surface area contributed by atoms with Crippen LogP contribution in [0.5, 0.6) is 0 Å². The first-order chi connectivity index (χ1) is 9.08. The first-order valence-corrected chi connectivity index (χ1v) is 7.49. The summed E-state index contributed by atoms with van der Waals surface area (Å²) in [5.74, 6) is 0.467. The van der Waals surface area contributed by atoms with Crippen molar-refractivity contribution < 1.29 is 9.31 Å². The fourth-order valence-corrected chi connectivity index (χ4v) is 3.42. The van der Waals surface area contributed by atoms with Gasteiger partial charge < -0.3 is 5.32 Å². The van der Waals surface area contributed by atoms with Gasteiger partial charge >= 0.3 is 0 Å². The first kappa shape index (κ1) is 14.4. The Morgan fingerprint density at radius 1 is 1.53 bits per heavy atom. The highest BCUT2D eigenvalue weighted by atomic mass is 35.5. The molecular weight excluding hydrogens is 291 g/mol. The van der Waals surface area contributed by atoms with Gasteiger partial charge in [-0.2, -0.15) is 11.8 Å². The summed E-state index contributed by atoms with van der Waals surface area (Å²) in [7, 11) is 0. The van der Waals surface area contributed by atoms with Crippen LogP contribution < -0.4 is 5.32 Å². The van der Waals surface area contributed by atoms with Crippen LogP contribution in [0.3, 0.4) is 0 Å². The van der Waals surface area contributed by atoms with Crippen molar-refractivity contribution >= 4 is 34.7 Å². The molecule has 0 aromatic heterocycles. The van der Waals surface area contributed by atoms with Gasteiger partial charge in [0.15, 0.2) is 0 Å². The van der Waals surface area contributed by atoms with E-state index in [9.17, 15) is 14.5 Å². The Hall–Kier alpha value is -1.01. The molecule has 0 bridgehead atoms. The molecule has 2 rings (SSSR count). The van der Waals surface area contributed by atoms with Crippen molar-refractivity contribution in [1.29, 1.82) is 0 Å². The molecule has 1 unspecified atom stereocenters. The molecule has 1 aliphatic rings. The third kappa shape index (κ3) is 3.73. The maximum Gasteiger partial charge on any atom is 0.294 e. The lowest BCUT2D eigenvalue weighted by Crippen LogP contribution is -2.20. The number of nitro benzene ring substituents is 1. The van der Waals surface area contributed by atoms with Gasteiger partial charge in [0.2, 0.25) is 0 Å². The Balaban J connectivity index is 2.09. The second kappa shape index (κ2) is 6.43. The van der Waals surface area contributed by atoms with Crippen LogP contribution in [0.25, 0.3) is 0 Å². The molecule has 19 heavy (non-hydrogen) atoms. The Bertz CT molecular complexity index is 481. The van der Waals surface area contributed by atoms with E-state index in [0.717, 1.165) is 24.3 Å². The van der Waals surface area contributed by atoms with Crippen LogP contribution in [-0.4, -0.2) is 22.5 Å². The number of anilines is 1. The summed E-state index contributed by atoms with van der Waals surface area (Å²) in [4.78, 5) is 10.4. The molecule has 1 heterocycles. The molecular formula is C12H14ClFN2O2S. The van der Waals surface area contributed by atoms with Gasteiger partial charge in [-0.3, -0.25) is 10.1 Å². The molecule has 1 aromatic carbocycles. The van der Waals surface area contributed by atoms with Gasteiger partial charge in [0.25, 0.3) is 5.69 Å². The monoisotopic (exact) mass is 304 g/mol. The highest BCUT2D eigenvalue weighted by Gasteiger charge is 2.19. The predicted molar refractivity (Wildman–Crippen MR) is 76.7 cm³/mol. The minimum Gasteiger partial charge on any atom is -0.378 e. The summed E-state index contributed by atoms with van der Waals surface area (Å²) in [5.41, 5.74) is 0.00489. The number of nitro groups is 1.